The number of hydrogen-bond acceptors (Lipinski definition) is 8. The Balaban J connectivity index is 1.28. The van der Waals surface area contributed by atoms with Gasteiger partial charge in [-0.25, -0.2) is 9.88 Å². The third kappa shape index (κ3) is 4.98. The number of nitro groups is 1. The lowest BCUT2D eigenvalue weighted by Gasteiger charge is -2.27. The number of nitro benzene ring substituents is 1. The van der Waals surface area contributed by atoms with Crippen LogP contribution in [0, 0.1) is 17.0 Å². The summed E-state index contributed by atoms with van der Waals surface area (Å²) in [4.78, 5) is 58.1. The van der Waals surface area contributed by atoms with Crippen molar-refractivity contribution in [2.45, 2.75) is 25.9 Å². The molecule has 2 aromatic heterocycles. The summed E-state index contributed by atoms with van der Waals surface area (Å²) in [6.45, 7) is 1.93. The maximum absolute atomic E-state index is 13.7. The van der Waals surface area contributed by atoms with Crippen LogP contribution < -0.4 is 4.90 Å². The Morgan fingerprint density at radius 3 is 2.63 bits per heavy atom. The molecule has 0 N–H and O–H groups in total. The van der Waals surface area contributed by atoms with Crippen molar-refractivity contribution in [1.29, 1.82) is 0 Å². The van der Waals surface area contributed by atoms with Crippen LogP contribution in [0.5, 0.6) is 0 Å². The zero-order valence-corrected chi connectivity index (χ0v) is 22.5. The summed E-state index contributed by atoms with van der Waals surface area (Å²) in [7, 11) is 0. The number of aryl methyl sites for hydroxylation is 1. The van der Waals surface area contributed by atoms with Gasteiger partial charge in [0.05, 0.1) is 40.1 Å². The number of hydrogen-bond donors (Lipinski definition) is 0. The molecule has 0 bridgehead atoms. The minimum Gasteiger partial charge on any atom is -0.467 e. The predicted octanol–water partition coefficient (Wildman–Crippen LogP) is 5.75. The minimum absolute atomic E-state index is 0.0276. The average Bonchev–Trinajstić information content (AvgIpc) is 3.70. The van der Waals surface area contributed by atoms with Crippen LogP contribution in [0.15, 0.2) is 89.5 Å². The molecule has 3 amide bonds. The fraction of sp³-hybridized carbons (Fsp3) is 0.133. The van der Waals surface area contributed by atoms with Crippen molar-refractivity contribution in [3.05, 3.63) is 112 Å². The highest BCUT2D eigenvalue weighted by atomic mass is 32.1. The third-order valence-electron chi connectivity index (χ3n) is 6.89. The molecule has 204 valence electrons. The van der Waals surface area contributed by atoms with Crippen molar-refractivity contribution in [2.24, 2.45) is 0 Å². The third-order valence-corrected chi connectivity index (χ3v) is 7.95. The summed E-state index contributed by atoms with van der Waals surface area (Å²) in [6.07, 6.45) is 1.20. The van der Waals surface area contributed by atoms with Crippen LogP contribution in [0.25, 0.3) is 20.8 Å². The van der Waals surface area contributed by atoms with Gasteiger partial charge >= 0.3 is 0 Å². The Morgan fingerprint density at radius 2 is 1.90 bits per heavy atom. The highest BCUT2D eigenvalue weighted by Gasteiger charge is 2.45. The van der Waals surface area contributed by atoms with Crippen LogP contribution in [-0.2, 0) is 16.1 Å². The van der Waals surface area contributed by atoms with E-state index < -0.39 is 28.7 Å². The molecule has 3 heterocycles. The Bertz CT molecular complexity index is 1810. The highest BCUT2D eigenvalue weighted by Crippen LogP contribution is 2.33. The van der Waals surface area contributed by atoms with Gasteiger partial charge in [0.15, 0.2) is 0 Å². The lowest BCUT2D eigenvalue weighted by atomic mass is 10.1. The standard InChI is InChI=1S/C30H22N4O6S/c1-18-7-12-24-26(14-18)41-28(31-24)19-8-10-21(11-9-19)33-27(35)16-25(30(33)37)32(17-23-6-3-13-40-23)29(36)20-4-2-5-22(15-20)34(38)39/h2-15,25H,16-17H2,1H3. The molecule has 0 saturated carbocycles. The quantitative estimate of drug-likeness (QED) is 0.139. The molecule has 41 heavy (non-hydrogen) atoms. The number of benzene rings is 3. The number of imide groups is 1. The number of fused-ring (bicyclic) bond motifs is 1. The van der Waals surface area contributed by atoms with E-state index in [1.807, 2.05) is 31.2 Å². The van der Waals surface area contributed by atoms with Crippen molar-refractivity contribution in [2.75, 3.05) is 4.90 Å². The first kappa shape index (κ1) is 26.1. The van der Waals surface area contributed by atoms with E-state index in [9.17, 15) is 24.5 Å². The van der Waals surface area contributed by atoms with E-state index in [0.29, 0.717) is 11.4 Å². The highest BCUT2D eigenvalue weighted by molar-refractivity contribution is 7.21. The maximum atomic E-state index is 13.7. The number of aromatic nitrogens is 1. The largest absolute Gasteiger partial charge is 0.467 e. The van der Waals surface area contributed by atoms with Crippen LogP contribution in [0.3, 0.4) is 0 Å². The smallest absolute Gasteiger partial charge is 0.270 e. The summed E-state index contributed by atoms with van der Waals surface area (Å²) >= 11 is 1.56. The molecule has 1 atom stereocenters. The molecule has 5 aromatic rings. The molecule has 1 aliphatic rings. The van der Waals surface area contributed by atoms with E-state index in [1.54, 1.807) is 35.6 Å². The Hall–Kier alpha value is -5.16. The van der Waals surface area contributed by atoms with Gasteiger partial charge in [0.25, 0.3) is 17.5 Å². The molecule has 1 aliphatic heterocycles. The Morgan fingerprint density at radius 1 is 1.10 bits per heavy atom. The van der Waals surface area contributed by atoms with Crippen molar-refractivity contribution >= 4 is 50.6 Å². The number of amides is 3. The zero-order chi connectivity index (χ0) is 28.7. The summed E-state index contributed by atoms with van der Waals surface area (Å²) < 4.78 is 6.48. The van der Waals surface area contributed by atoms with Crippen molar-refractivity contribution in [3.8, 4) is 10.6 Å². The number of non-ortho nitro benzene ring substituents is 1. The van der Waals surface area contributed by atoms with Crippen molar-refractivity contribution < 1.29 is 23.7 Å². The maximum Gasteiger partial charge on any atom is 0.270 e. The predicted molar refractivity (Wildman–Crippen MR) is 152 cm³/mol. The fourth-order valence-corrected chi connectivity index (χ4v) is 5.92. The number of carbonyl (C=O) groups is 3. The van der Waals surface area contributed by atoms with E-state index in [1.165, 1.54) is 29.4 Å². The summed E-state index contributed by atoms with van der Waals surface area (Å²) in [5, 5.41) is 12.1. The normalized spacial score (nSPS) is 15.0. The number of furan rings is 1. The van der Waals surface area contributed by atoms with Gasteiger partial charge in [0, 0.05) is 23.3 Å². The molecular formula is C30H22N4O6S. The second-order valence-corrected chi connectivity index (χ2v) is 10.7. The van der Waals surface area contributed by atoms with Gasteiger partial charge in [-0.1, -0.05) is 12.1 Å². The van der Waals surface area contributed by atoms with Crippen LogP contribution >= 0.6 is 11.3 Å². The van der Waals surface area contributed by atoms with E-state index in [4.69, 9.17) is 9.40 Å². The Labute approximate surface area is 237 Å². The molecule has 3 aromatic carbocycles. The van der Waals surface area contributed by atoms with E-state index in [-0.39, 0.29) is 24.2 Å². The first-order valence-electron chi connectivity index (χ1n) is 12.7. The number of anilines is 1. The summed E-state index contributed by atoms with van der Waals surface area (Å²) in [6, 6.07) is 20.5. The van der Waals surface area contributed by atoms with Gasteiger partial charge in [-0.05, 0) is 67.1 Å². The molecule has 0 aliphatic carbocycles. The Kier molecular flexibility index (Phi) is 6.64. The average molecular weight is 567 g/mol. The fourth-order valence-electron chi connectivity index (χ4n) is 4.85. The van der Waals surface area contributed by atoms with Gasteiger partial charge in [0.2, 0.25) is 5.91 Å². The molecular weight excluding hydrogens is 544 g/mol. The zero-order valence-electron chi connectivity index (χ0n) is 21.7. The number of carbonyl (C=O) groups excluding carboxylic acids is 3. The van der Waals surface area contributed by atoms with Crippen LogP contribution in [-0.4, -0.2) is 38.6 Å². The lowest BCUT2D eigenvalue weighted by molar-refractivity contribution is -0.384. The topological polar surface area (TPSA) is 127 Å². The van der Waals surface area contributed by atoms with Gasteiger partial charge in [-0.15, -0.1) is 11.3 Å². The molecule has 10 nitrogen and oxygen atoms in total. The second kappa shape index (κ2) is 10.4. The molecule has 1 fully saturated rings. The van der Waals surface area contributed by atoms with Gasteiger partial charge in [0.1, 0.15) is 16.8 Å². The molecule has 1 unspecified atom stereocenters. The van der Waals surface area contributed by atoms with Crippen molar-refractivity contribution in [1.82, 2.24) is 9.88 Å². The number of nitrogens with zero attached hydrogens (tertiary/aromatic N) is 4. The second-order valence-electron chi connectivity index (χ2n) is 9.64. The number of rotatable bonds is 7. The van der Waals surface area contributed by atoms with Crippen LogP contribution in [0.2, 0.25) is 0 Å². The van der Waals surface area contributed by atoms with Gasteiger partial charge in [-0.2, -0.15) is 0 Å². The lowest BCUT2D eigenvalue weighted by Crippen LogP contribution is -2.45. The molecule has 6 rings (SSSR count). The number of thiazole rings is 1. The molecule has 11 heteroatoms. The monoisotopic (exact) mass is 566 g/mol. The van der Waals surface area contributed by atoms with Crippen LogP contribution in [0.4, 0.5) is 11.4 Å². The van der Waals surface area contributed by atoms with E-state index >= 15 is 0 Å². The molecule has 0 spiro atoms. The van der Waals surface area contributed by atoms with Gasteiger partial charge in [-0.3, -0.25) is 24.5 Å². The SMILES string of the molecule is Cc1ccc2nc(-c3ccc(N4C(=O)CC(N(Cc5ccco5)C(=O)c5cccc([N+](=O)[O-])c5)C4=O)cc3)sc2c1. The molecule has 0 radical (unpaired) electrons. The van der Waals surface area contributed by atoms with E-state index in [2.05, 4.69) is 6.07 Å². The first-order chi connectivity index (χ1) is 19.8. The first-order valence-corrected chi connectivity index (χ1v) is 13.5. The summed E-state index contributed by atoms with van der Waals surface area (Å²) in [5.74, 6) is -1.25. The van der Waals surface area contributed by atoms with Crippen molar-refractivity contribution in [3.63, 3.8) is 0 Å². The van der Waals surface area contributed by atoms with E-state index in [0.717, 1.165) is 37.3 Å². The summed E-state index contributed by atoms with van der Waals surface area (Å²) in [5.41, 5.74) is 3.05. The van der Waals surface area contributed by atoms with Crippen LogP contribution in [0.1, 0.15) is 28.1 Å². The minimum atomic E-state index is -1.12. The van der Waals surface area contributed by atoms with Gasteiger partial charge < -0.3 is 9.32 Å². The molecule has 1 saturated heterocycles.